The van der Waals surface area contributed by atoms with Gasteiger partial charge < -0.3 is 4.90 Å². The first-order valence-corrected chi connectivity index (χ1v) is 12.5. The Morgan fingerprint density at radius 2 is 1.91 bits per heavy atom. The number of benzene rings is 1. The van der Waals surface area contributed by atoms with Gasteiger partial charge in [-0.15, -0.1) is 6.42 Å². The second-order valence-electron chi connectivity index (χ2n) is 11.1. The molecule has 3 heteroatoms. The first-order valence-electron chi connectivity index (χ1n) is 12.5. The van der Waals surface area contributed by atoms with Crippen LogP contribution >= 0.6 is 0 Å². The van der Waals surface area contributed by atoms with Crippen molar-refractivity contribution in [2.75, 3.05) is 19.0 Å². The predicted molar refractivity (Wildman–Crippen MR) is 133 cm³/mol. The molecule has 0 amide bonds. The fourth-order valence-electron chi connectivity index (χ4n) is 7.95. The van der Waals surface area contributed by atoms with Crippen molar-refractivity contribution in [1.82, 2.24) is 0 Å². The molecule has 3 nitrogen and oxygen atoms in total. The van der Waals surface area contributed by atoms with E-state index in [1.165, 1.54) is 11.1 Å². The normalized spacial score (nSPS) is 35.2. The molecule has 0 aromatic heterocycles. The summed E-state index contributed by atoms with van der Waals surface area (Å²) >= 11 is 0. The van der Waals surface area contributed by atoms with Gasteiger partial charge in [0.2, 0.25) is 0 Å². The van der Waals surface area contributed by atoms with Crippen molar-refractivity contribution in [1.29, 1.82) is 0 Å². The predicted octanol–water partition coefficient (Wildman–Crippen LogP) is 5.86. The Labute approximate surface area is 198 Å². The van der Waals surface area contributed by atoms with Gasteiger partial charge in [0.05, 0.1) is 11.3 Å². The van der Waals surface area contributed by atoms with Crippen LogP contribution in [0.4, 0.5) is 5.69 Å². The van der Waals surface area contributed by atoms with Crippen molar-refractivity contribution in [3.05, 3.63) is 52.6 Å². The van der Waals surface area contributed by atoms with Gasteiger partial charge in [-0.3, -0.25) is 9.59 Å². The SMILES string of the molecule is C#C[C@]1(C(C)=O)CC[C@H]2[C@@H]3CCC4=CC(=O)C(c5ccccc5N(C)C)CC4=C3CC[C@@]21C. The summed E-state index contributed by atoms with van der Waals surface area (Å²) in [6.07, 6.45) is 14.7. The first kappa shape index (κ1) is 22.2. The standard InChI is InChI=1S/C30H35NO2/c1-6-30(19(2)32)16-14-26-22-12-11-20-17-28(33)25(23-9-7-8-10-27(23)31(4)5)18-24(20)21(22)13-15-29(26,30)3/h1,7-10,17,22,25-26H,11-16,18H2,2-5H3/t22-,25?,26+,29+,30-/m1/s1. The lowest BCUT2D eigenvalue weighted by Crippen LogP contribution is -2.48. The van der Waals surface area contributed by atoms with Crippen LogP contribution in [-0.2, 0) is 9.59 Å². The maximum atomic E-state index is 13.2. The number of nitrogens with zero attached hydrogens (tertiary/aromatic N) is 1. The molecule has 0 spiro atoms. The molecule has 5 rings (SSSR count). The quantitative estimate of drug-likeness (QED) is 0.551. The molecule has 0 heterocycles. The largest absolute Gasteiger partial charge is 0.377 e. The molecule has 0 radical (unpaired) electrons. The highest BCUT2D eigenvalue weighted by atomic mass is 16.1. The molecule has 0 bridgehead atoms. The number of carbonyl (C=O) groups excluding carboxylic acids is 2. The van der Waals surface area contributed by atoms with Crippen LogP contribution in [0.3, 0.4) is 0 Å². The van der Waals surface area contributed by atoms with Gasteiger partial charge in [-0.25, -0.2) is 0 Å². The number of ketones is 2. The molecular weight excluding hydrogens is 406 g/mol. The maximum Gasteiger partial charge on any atom is 0.163 e. The van der Waals surface area contributed by atoms with Gasteiger partial charge >= 0.3 is 0 Å². The van der Waals surface area contributed by atoms with Crippen LogP contribution in [0.15, 0.2) is 47.1 Å². The summed E-state index contributed by atoms with van der Waals surface area (Å²) in [4.78, 5) is 28.1. The van der Waals surface area contributed by atoms with Gasteiger partial charge in [-0.1, -0.05) is 36.6 Å². The summed E-state index contributed by atoms with van der Waals surface area (Å²) in [7, 11) is 4.08. The number of hydrogen-bond acceptors (Lipinski definition) is 3. The van der Waals surface area contributed by atoms with Crippen molar-refractivity contribution in [3.8, 4) is 12.3 Å². The van der Waals surface area contributed by atoms with Gasteiger partial charge in [0, 0.05) is 19.8 Å². The monoisotopic (exact) mass is 441 g/mol. The van der Waals surface area contributed by atoms with E-state index in [1.807, 2.05) is 32.3 Å². The van der Waals surface area contributed by atoms with Crippen LogP contribution in [0.25, 0.3) is 0 Å². The molecule has 1 unspecified atom stereocenters. The second kappa shape index (κ2) is 7.73. The number of terminal acetylenes is 1. The van der Waals surface area contributed by atoms with Crippen LogP contribution in [-0.4, -0.2) is 25.7 Å². The zero-order chi connectivity index (χ0) is 23.5. The van der Waals surface area contributed by atoms with E-state index < -0.39 is 5.41 Å². The van der Waals surface area contributed by atoms with Crippen LogP contribution in [0.1, 0.15) is 70.3 Å². The van der Waals surface area contributed by atoms with Gasteiger partial charge in [-0.2, -0.15) is 0 Å². The molecule has 1 aromatic carbocycles. The fraction of sp³-hybridized carbons (Fsp3) is 0.533. The Balaban J connectivity index is 1.55. The minimum Gasteiger partial charge on any atom is -0.377 e. The molecule has 0 N–H and O–H groups in total. The number of allylic oxidation sites excluding steroid dienone is 4. The lowest BCUT2D eigenvalue weighted by molar-refractivity contribution is -0.130. The van der Waals surface area contributed by atoms with Crippen molar-refractivity contribution >= 4 is 17.3 Å². The lowest BCUT2D eigenvalue weighted by Gasteiger charge is -2.51. The molecule has 4 aliphatic rings. The zero-order valence-corrected chi connectivity index (χ0v) is 20.4. The fourth-order valence-corrected chi connectivity index (χ4v) is 7.95. The highest BCUT2D eigenvalue weighted by Crippen LogP contribution is 2.67. The van der Waals surface area contributed by atoms with E-state index in [0.717, 1.165) is 56.2 Å². The maximum absolute atomic E-state index is 13.2. The third kappa shape index (κ3) is 3.03. The van der Waals surface area contributed by atoms with E-state index in [4.69, 9.17) is 6.42 Å². The Morgan fingerprint density at radius 1 is 1.15 bits per heavy atom. The van der Waals surface area contributed by atoms with E-state index in [2.05, 4.69) is 29.9 Å². The van der Waals surface area contributed by atoms with Crippen molar-refractivity contribution in [2.45, 2.75) is 64.7 Å². The van der Waals surface area contributed by atoms with E-state index in [-0.39, 0.29) is 22.9 Å². The Bertz CT molecular complexity index is 1130. The number of fused-ring (bicyclic) bond motifs is 4. The topological polar surface area (TPSA) is 37.4 Å². The van der Waals surface area contributed by atoms with Gasteiger partial charge in [0.25, 0.3) is 0 Å². The Morgan fingerprint density at radius 3 is 2.61 bits per heavy atom. The van der Waals surface area contributed by atoms with E-state index in [1.54, 1.807) is 12.5 Å². The van der Waals surface area contributed by atoms with Crippen molar-refractivity contribution in [2.24, 2.45) is 22.7 Å². The number of Topliss-reactive ketones (excluding diaryl/α,β-unsaturated/α-hetero) is 1. The van der Waals surface area contributed by atoms with Crippen molar-refractivity contribution in [3.63, 3.8) is 0 Å². The third-order valence-electron chi connectivity index (χ3n) is 9.68. The molecule has 2 saturated carbocycles. The highest BCUT2D eigenvalue weighted by Gasteiger charge is 2.62. The summed E-state index contributed by atoms with van der Waals surface area (Å²) < 4.78 is 0. The summed E-state index contributed by atoms with van der Waals surface area (Å²) in [5.74, 6) is 4.24. The summed E-state index contributed by atoms with van der Waals surface area (Å²) in [6.45, 7) is 3.99. The average molecular weight is 442 g/mol. The van der Waals surface area contributed by atoms with Crippen LogP contribution < -0.4 is 4.90 Å². The molecule has 5 atom stereocenters. The third-order valence-corrected chi connectivity index (χ3v) is 9.68. The molecule has 4 aliphatic carbocycles. The molecule has 0 saturated heterocycles. The molecule has 33 heavy (non-hydrogen) atoms. The van der Waals surface area contributed by atoms with Crippen LogP contribution in [0.5, 0.6) is 0 Å². The molecule has 0 aliphatic heterocycles. The van der Waals surface area contributed by atoms with Gasteiger partial charge in [0.15, 0.2) is 5.78 Å². The molecule has 172 valence electrons. The first-order chi connectivity index (χ1) is 15.7. The summed E-state index contributed by atoms with van der Waals surface area (Å²) in [6, 6.07) is 8.31. The Kier molecular flexibility index (Phi) is 5.20. The average Bonchev–Trinajstić information content (AvgIpc) is 3.11. The van der Waals surface area contributed by atoms with E-state index >= 15 is 0 Å². The summed E-state index contributed by atoms with van der Waals surface area (Å²) in [5.41, 5.74) is 5.78. The summed E-state index contributed by atoms with van der Waals surface area (Å²) in [5, 5.41) is 0. The molecule has 1 aromatic rings. The number of para-hydroxylation sites is 1. The van der Waals surface area contributed by atoms with E-state index in [0.29, 0.717) is 11.8 Å². The van der Waals surface area contributed by atoms with Crippen molar-refractivity contribution < 1.29 is 9.59 Å². The van der Waals surface area contributed by atoms with Crippen LogP contribution in [0.2, 0.25) is 0 Å². The minimum absolute atomic E-state index is 0.118. The molecule has 2 fully saturated rings. The smallest absolute Gasteiger partial charge is 0.163 e. The Hall–Kier alpha value is -2.60. The van der Waals surface area contributed by atoms with E-state index in [9.17, 15) is 9.59 Å². The number of hydrogen-bond donors (Lipinski definition) is 0. The van der Waals surface area contributed by atoms with Gasteiger partial charge in [0.1, 0.15) is 5.78 Å². The zero-order valence-electron chi connectivity index (χ0n) is 20.4. The highest BCUT2D eigenvalue weighted by molar-refractivity contribution is 5.99. The minimum atomic E-state index is -0.611. The number of rotatable bonds is 3. The number of carbonyl (C=O) groups is 2. The molecular formula is C30H35NO2. The second-order valence-corrected chi connectivity index (χ2v) is 11.1. The van der Waals surface area contributed by atoms with Crippen LogP contribution in [0, 0.1) is 35.0 Å². The van der Waals surface area contributed by atoms with Gasteiger partial charge in [-0.05, 0) is 98.0 Å². The lowest BCUT2D eigenvalue weighted by atomic mass is 9.51. The number of anilines is 1.